The lowest BCUT2D eigenvalue weighted by Gasteiger charge is -2.24. The number of benzene rings is 1. The molecule has 0 spiro atoms. The van der Waals surface area contributed by atoms with Crippen molar-refractivity contribution in [3.63, 3.8) is 0 Å². The maximum absolute atomic E-state index is 9.43. The van der Waals surface area contributed by atoms with E-state index in [1.165, 1.54) is 24.0 Å². The van der Waals surface area contributed by atoms with Crippen LogP contribution in [0, 0.1) is 5.92 Å². The van der Waals surface area contributed by atoms with Crippen LogP contribution < -0.4 is 5.73 Å². The highest BCUT2D eigenvalue weighted by Crippen LogP contribution is 2.30. The van der Waals surface area contributed by atoms with Crippen LogP contribution in [0.15, 0.2) is 18.2 Å². The van der Waals surface area contributed by atoms with Gasteiger partial charge in [0, 0.05) is 0 Å². The first kappa shape index (κ1) is 10.5. The summed E-state index contributed by atoms with van der Waals surface area (Å²) in [4.78, 5) is 0. The monoisotopic (exact) mass is 205 g/mol. The fraction of sp³-hybridized carbons (Fsp3) is 0.538. The Bertz CT molecular complexity index is 335. The second-order valence-corrected chi connectivity index (χ2v) is 4.49. The summed E-state index contributed by atoms with van der Waals surface area (Å²) < 4.78 is 0. The van der Waals surface area contributed by atoms with Gasteiger partial charge in [-0.1, -0.05) is 6.07 Å². The van der Waals surface area contributed by atoms with Crippen molar-refractivity contribution >= 4 is 0 Å². The van der Waals surface area contributed by atoms with E-state index in [0.29, 0.717) is 5.75 Å². The van der Waals surface area contributed by atoms with Gasteiger partial charge >= 0.3 is 0 Å². The van der Waals surface area contributed by atoms with Crippen LogP contribution in [0.5, 0.6) is 5.75 Å². The van der Waals surface area contributed by atoms with Crippen LogP contribution in [0.25, 0.3) is 0 Å². The minimum atomic E-state index is 0.397. The van der Waals surface area contributed by atoms with E-state index in [0.717, 1.165) is 31.7 Å². The van der Waals surface area contributed by atoms with Crippen molar-refractivity contribution in [2.24, 2.45) is 11.7 Å². The number of nitrogens with two attached hydrogens (primary N) is 1. The molecule has 82 valence electrons. The lowest BCUT2D eigenvalue weighted by Crippen LogP contribution is -2.15. The van der Waals surface area contributed by atoms with Crippen molar-refractivity contribution in [2.45, 2.75) is 32.1 Å². The fourth-order valence-electron chi connectivity index (χ4n) is 2.47. The summed E-state index contributed by atoms with van der Waals surface area (Å²) in [5, 5.41) is 9.43. The fourth-order valence-corrected chi connectivity index (χ4v) is 2.47. The second kappa shape index (κ2) is 4.67. The van der Waals surface area contributed by atoms with E-state index in [-0.39, 0.29) is 0 Å². The summed E-state index contributed by atoms with van der Waals surface area (Å²) in [7, 11) is 0. The number of rotatable bonds is 3. The van der Waals surface area contributed by atoms with E-state index < -0.39 is 0 Å². The molecule has 1 unspecified atom stereocenters. The van der Waals surface area contributed by atoms with E-state index in [1.54, 1.807) is 6.07 Å². The average molecular weight is 205 g/mol. The Morgan fingerprint density at radius 2 is 2.20 bits per heavy atom. The first-order valence-electron chi connectivity index (χ1n) is 5.80. The number of aryl methyl sites for hydroxylation is 1. The van der Waals surface area contributed by atoms with Crippen molar-refractivity contribution in [1.82, 2.24) is 0 Å². The third kappa shape index (κ3) is 2.51. The van der Waals surface area contributed by atoms with Gasteiger partial charge in [-0.25, -0.2) is 0 Å². The molecule has 1 aliphatic carbocycles. The standard InChI is InChI=1S/C13H19NO/c14-7-1-2-10-3-4-11-5-6-13(15)9-12(11)8-10/h5-6,9-10,15H,1-4,7-8,14H2. The lowest BCUT2D eigenvalue weighted by molar-refractivity contribution is 0.414. The Kier molecular flexibility index (Phi) is 3.27. The second-order valence-electron chi connectivity index (χ2n) is 4.49. The molecule has 2 nitrogen and oxygen atoms in total. The summed E-state index contributed by atoms with van der Waals surface area (Å²) in [5.41, 5.74) is 8.27. The lowest BCUT2D eigenvalue weighted by atomic mass is 9.81. The average Bonchev–Trinajstić information content (AvgIpc) is 2.25. The van der Waals surface area contributed by atoms with E-state index in [1.807, 2.05) is 6.07 Å². The van der Waals surface area contributed by atoms with Gasteiger partial charge in [-0.2, -0.15) is 0 Å². The summed E-state index contributed by atoms with van der Waals surface area (Å²) in [6.07, 6.45) is 5.90. The summed E-state index contributed by atoms with van der Waals surface area (Å²) in [6.45, 7) is 0.795. The maximum Gasteiger partial charge on any atom is 0.115 e. The number of phenolic OH excluding ortho intramolecular Hbond substituents is 1. The highest BCUT2D eigenvalue weighted by atomic mass is 16.3. The molecule has 3 N–H and O–H groups in total. The molecule has 0 aromatic heterocycles. The zero-order valence-electron chi connectivity index (χ0n) is 9.08. The minimum absolute atomic E-state index is 0.397. The first-order chi connectivity index (χ1) is 7.29. The molecular weight excluding hydrogens is 186 g/mol. The minimum Gasteiger partial charge on any atom is -0.508 e. The topological polar surface area (TPSA) is 46.2 Å². The predicted molar refractivity (Wildman–Crippen MR) is 61.9 cm³/mol. The van der Waals surface area contributed by atoms with Crippen LogP contribution in [-0.2, 0) is 12.8 Å². The van der Waals surface area contributed by atoms with Crippen LogP contribution in [0.2, 0.25) is 0 Å². The number of hydrogen-bond acceptors (Lipinski definition) is 2. The maximum atomic E-state index is 9.43. The van der Waals surface area contributed by atoms with Crippen molar-refractivity contribution < 1.29 is 5.11 Å². The Morgan fingerprint density at radius 1 is 1.33 bits per heavy atom. The molecule has 1 aromatic carbocycles. The van der Waals surface area contributed by atoms with Crippen LogP contribution >= 0.6 is 0 Å². The number of phenols is 1. The van der Waals surface area contributed by atoms with Crippen molar-refractivity contribution in [1.29, 1.82) is 0 Å². The third-order valence-electron chi connectivity index (χ3n) is 3.34. The summed E-state index contributed by atoms with van der Waals surface area (Å²) >= 11 is 0. The van der Waals surface area contributed by atoms with Crippen molar-refractivity contribution in [2.75, 3.05) is 6.54 Å². The number of hydrogen-bond donors (Lipinski definition) is 2. The third-order valence-corrected chi connectivity index (χ3v) is 3.34. The molecule has 1 atom stereocenters. The Balaban J connectivity index is 2.05. The largest absolute Gasteiger partial charge is 0.508 e. The summed E-state index contributed by atoms with van der Waals surface area (Å²) in [6, 6.07) is 5.77. The molecule has 0 radical (unpaired) electrons. The molecule has 1 aromatic rings. The molecule has 0 bridgehead atoms. The van der Waals surface area contributed by atoms with Gasteiger partial charge in [-0.05, 0) is 67.8 Å². The zero-order chi connectivity index (χ0) is 10.7. The normalized spacial score (nSPS) is 19.9. The van der Waals surface area contributed by atoms with Gasteiger partial charge in [0.25, 0.3) is 0 Å². The SMILES string of the molecule is NCCCC1CCc2ccc(O)cc2C1. The van der Waals surface area contributed by atoms with Crippen LogP contribution in [-0.4, -0.2) is 11.7 Å². The number of fused-ring (bicyclic) bond motifs is 1. The predicted octanol–water partition coefficient (Wildman–Crippen LogP) is 2.24. The zero-order valence-corrected chi connectivity index (χ0v) is 9.08. The molecule has 0 amide bonds. The molecule has 15 heavy (non-hydrogen) atoms. The van der Waals surface area contributed by atoms with E-state index in [2.05, 4.69) is 6.07 Å². The molecule has 1 aliphatic rings. The highest BCUT2D eigenvalue weighted by molar-refractivity contribution is 5.36. The Hall–Kier alpha value is -1.02. The molecule has 2 rings (SSSR count). The van der Waals surface area contributed by atoms with E-state index in [4.69, 9.17) is 5.73 Å². The van der Waals surface area contributed by atoms with Gasteiger partial charge in [0.1, 0.15) is 5.75 Å². The van der Waals surface area contributed by atoms with Crippen molar-refractivity contribution in [3.05, 3.63) is 29.3 Å². The molecule has 0 aliphatic heterocycles. The smallest absolute Gasteiger partial charge is 0.115 e. The first-order valence-corrected chi connectivity index (χ1v) is 5.80. The van der Waals surface area contributed by atoms with Gasteiger partial charge in [0.05, 0.1) is 0 Å². The molecule has 2 heteroatoms. The highest BCUT2D eigenvalue weighted by Gasteiger charge is 2.18. The van der Waals surface area contributed by atoms with Gasteiger partial charge < -0.3 is 10.8 Å². The van der Waals surface area contributed by atoms with Gasteiger partial charge in [-0.3, -0.25) is 0 Å². The van der Waals surface area contributed by atoms with Crippen molar-refractivity contribution in [3.8, 4) is 5.75 Å². The van der Waals surface area contributed by atoms with Crippen LogP contribution in [0.1, 0.15) is 30.4 Å². The molecule has 0 saturated heterocycles. The van der Waals surface area contributed by atoms with Gasteiger partial charge in [-0.15, -0.1) is 0 Å². The Labute approximate surface area is 91.1 Å². The van der Waals surface area contributed by atoms with Crippen LogP contribution in [0.4, 0.5) is 0 Å². The quantitative estimate of drug-likeness (QED) is 0.795. The van der Waals surface area contributed by atoms with E-state index in [9.17, 15) is 5.11 Å². The summed E-state index contributed by atoms with van der Waals surface area (Å²) in [5.74, 6) is 1.16. The van der Waals surface area contributed by atoms with Crippen LogP contribution in [0.3, 0.4) is 0 Å². The molecule has 0 heterocycles. The molecule has 0 saturated carbocycles. The van der Waals surface area contributed by atoms with Gasteiger partial charge in [0.2, 0.25) is 0 Å². The molecule has 0 fully saturated rings. The van der Waals surface area contributed by atoms with Gasteiger partial charge in [0.15, 0.2) is 0 Å². The van der Waals surface area contributed by atoms with E-state index >= 15 is 0 Å². The number of aromatic hydroxyl groups is 1. The molecular formula is C13H19NO. The Morgan fingerprint density at radius 3 is 3.00 bits per heavy atom.